The zero-order valence-electron chi connectivity index (χ0n) is 26.4. The molecular formula is C46H27N3. The van der Waals surface area contributed by atoms with Crippen LogP contribution in [0, 0.1) is 0 Å². The first-order valence-electron chi connectivity index (χ1n) is 16.7. The highest BCUT2D eigenvalue weighted by Crippen LogP contribution is 2.43. The van der Waals surface area contributed by atoms with Gasteiger partial charge < -0.3 is 4.57 Å². The Labute approximate surface area is 281 Å². The predicted molar refractivity (Wildman–Crippen MR) is 206 cm³/mol. The highest BCUT2D eigenvalue weighted by atomic mass is 15.0. The average Bonchev–Trinajstić information content (AvgIpc) is 3.51. The molecule has 0 saturated heterocycles. The second-order valence-electron chi connectivity index (χ2n) is 13.0. The van der Waals surface area contributed by atoms with E-state index in [4.69, 9.17) is 9.97 Å². The van der Waals surface area contributed by atoms with Crippen molar-refractivity contribution in [2.45, 2.75) is 0 Å². The molecule has 8 aromatic carbocycles. The summed E-state index contributed by atoms with van der Waals surface area (Å²) in [7, 11) is 0. The SMILES string of the molecule is c1cc(-c2ccc3ccc4c(-c5ccc6ccc7cccnc7c6n5)ccc5ccc2c3c54)cc(-n2c3ccccc3c3ccccc32)c1. The topological polar surface area (TPSA) is 30.7 Å². The second kappa shape index (κ2) is 9.96. The molecule has 0 fully saturated rings. The Morgan fingerprint density at radius 1 is 0.408 bits per heavy atom. The fraction of sp³-hybridized carbons (Fsp3) is 0. The van der Waals surface area contributed by atoms with Crippen LogP contribution in [0.1, 0.15) is 0 Å². The van der Waals surface area contributed by atoms with Crippen molar-refractivity contribution in [2.24, 2.45) is 0 Å². The largest absolute Gasteiger partial charge is 0.309 e. The zero-order chi connectivity index (χ0) is 32.1. The number of hydrogen-bond donors (Lipinski definition) is 0. The number of fused-ring (bicyclic) bond motifs is 6. The number of para-hydroxylation sites is 2. The number of nitrogens with zero attached hydrogens (tertiary/aromatic N) is 3. The molecule has 3 heteroatoms. The normalized spacial score (nSPS) is 12.1. The van der Waals surface area contributed by atoms with Gasteiger partial charge in [-0.2, -0.15) is 0 Å². The van der Waals surface area contributed by atoms with Crippen LogP contribution in [0.4, 0.5) is 0 Å². The van der Waals surface area contributed by atoms with Gasteiger partial charge in [0.05, 0.1) is 27.8 Å². The van der Waals surface area contributed by atoms with Gasteiger partial charge in [-0.1, -0.05) is 121 Å². The minimum absolute atomic E-state index is 0.937. The molecule has 0 saturated carbocycles. The molecule has 0 aliphatic rings. The minimum atomic E-state index is 0.937. The van der Waals surface area contributed by atoms with Crippen LogP contribution in [0.15, 0.2) is 164 Å². The van der Waals surface area contributed by atoms with Crippen LogP contribution in [0.3, 0.4) is 0 Å². The van der Waals surface area contributed by atoms with Gasteiger partial charge in [-0.15, -0.1) is 0 Å². The quantitative estimate of drug-likeness (QED) is 0.184. The number of pyridine rings is 2. The number of benzene rings is 8. The van der Waals surface area contributed by atoms with Gasteiger partial charge in [0.2, 0.25) is 0 Å². The van der Waals surface area contributed by atoms with Crippen LogP contribution in [-0.4, -0.2) is 14.5 Å². The van der Waals surface area contributed by atoms with Crippen molar-refractivity contribution in [3.05, 3.63) is 164 Å². The lowest BCUT2D eigenvalue weighted by Crippen LogP contribution is -1.95. The van der Waals surface area contributed by atoms with Crippen molar-refractivity contribution >= 4 is 75.9 Å². The summed E-state index contributed by atoms with van der Waals surface area (Å²) in [5, 5.41) is 12.3. The third kappa shape index (κ3) is 3.78. The summed E-state index contributed by atoms with van der Waals surface area (Å²) in [6.45, 7) is 0. The van der Waals surface area contributed by atoms with E-state index in [1.165, 1.54) is 65.3 Å². The molecule has 3 nitrogen and oxygen atoms in total. The van der Waals surface area contributed by atoms with E-state index in [-0.39, 0.29) is 0 Å². The van der Waals surface area contributed by atoms with Crippen LogP contribution in [0.25, 0.3) is 104 Å². The first-order chi connectivity index (χ1) is 24.3. The van der Waals surface area contributed by atoms with Gasteiger partial charge in [0.1, 0.15) is 0 Å². The molecule has 0 aliphatic heterocycles. The zero-order valence-corrected chi connectivity index (χ0v) is 26.4. The lowest BCUT2D eigenvalue weighted by atomic mass is 9.88. The Kier molecular flexibility index (Phi) is 5.38. The van der Waals surface area contributed by atoms with Crippen molar-refractivity contribution in [1.29, 1.82) is 0 Å². The summed E-state index contributed by atoms with van der Waals surface area (Å²) in [5.74, 6) is 0. The van der Waals surface area contributed by atoms with E-state index in [1.54, 1.807) is 0 Å². The number of rotatable bonds is 3. The molecule has 0 aliphatic carbocycles. The van der Waals surface area contributed by atoms with Gasteiger partial charge in [-0.05, 0) is 79.8 Å². The summed E-state index contributed by atoms with van der Waals surface area (Å²) >= 11 is 0. The van der Waals surface area contributed by atoms with Crippen LogP contribution in [-0.2, 0) is 0 Å². The molecular weight excluding hydrogens is 595 g/mol. The molecule has 0 atom stereocenters. The van der Waals surface area contributed by atoms with E-state index in [0.717, 1.165) is 38.8 Å². The highest BCUT2D eigenvalue weighted by molar-refractivity contribution is 6.27. The van der Waals surface area contributed by atoms with Gasteiger partial charge in [0, 0.05) is 39.0 Å². The van der Waals surface area contributed by atoms with Crippen molar-refractivity contribution in [3.8, 4) is 28.1 Å². The van der Waals surface area contributed by atoms with Crippen LogP contribution in [0.5, 0.6) is 0 Å². The summed E-state index contributed by atoms with van der Waals surface area (Å²) in [6, 6.07) is 57.2. The Morgan fingerprint density at radius 3 is 1.78 bits per heavy atom. The first-order valence-corrected chi connectivity index (χ1v) is 16.7. The molecule has 0 amide bonds. The molecule has 49 heavy (non-hydrogen) atoms. The molecule has 0 radical (unpaired) electrons. The van der Waals surface area contributed by atoms with Crippen LogP contribution in [0.2, 0.25) is 0 Å². The summed E-state index contributed by atoms with van der Waals surface area (Å²) in [5.41, 5.74) is 10.00. The molecule has 0 N–H and O–H groups in total. The third-order valence-electron chi connectivity index (χ3n) is 10.4. The Morgan fingerprint density at radius 2 is 1.02 bits per heavy atom. The van der Waals surface area contributed by atoms with E-state index >= 15 is 0 Å². The lowest BCUT2D eigenvalue weighted by Gasteiger charge is -2.17. The molecule has 11 rings (SSSR count). The molecule has 0 bridgehead atoms. The number of hydrogen-bond acceptors (Lipinski definition) is 2. The molecule has 226 valence electrons. The summed E-state index contributed by atoms with van der Waals surface area (Å²) in [4.78, 5) is 9.93. The minimum Gasteiger partial charge on any atom is -0.309 e. The molecule has 0 unspecified atom stereocenters. The third-order valence-corrected chi connectivity index (χ3v) is 10.4. The maximum absolute atomic E-state index is 5.23. The van der Waals surface area contributed by atoms with E-state index in [0.29, 0.717) is 0 Å². The van der Waals surface area contributed by atoms with Crippen LogP contribution >= 0.6 is 0 Å². The van der Waals surface area contributed by atoms with Gasteiger partial charge in [0.25, 0.3) is 0 Å². The van der Waals surface area contributed by atoms with E-state index < -0.39 is 0 Å². The van der Waals surface area contributed by atoms with E-state index in [1.807, 2.05) is 12.3 Å². The highest BCUT2D eigenvalue weighted by Gasteiger charge is 2.17. The van der Waals surface area contributed by atoms with Crippen molar-refractivity contribution in [1.82, 2.24) is 14.5 Å². The van der Waals surface area contributed by atoms with Crippen LogP contribution < -0.4 is 0 Å². The molecule has 0 spiro atoms. The van der Waals surface area contributed by atoms with Crippen molar-refractivity contribution in [2.75, 3.05) is 0 Å². The maximum atomic E-state index is 5.23. The average molecular weight is 622 g/mol. The number of aromatic nitrogens is 3. The maximum Gasteiger partial charge on any atom is 0.0972 e. The Balaban J connectivity index is 1.12. The molecule has 3 heterocycles. The van der Waals surface area contributed by atoms with Gasteiger partial charge >= 0.3 is 0 Å². The van der Waals surface area contributed by atoms with Gasteiger partial charge in [-0.25, -0.2) is 4.98 Å². The fourth-order valence-electron chi connectivity index (χ4n) is 8.16. The Hall–Kier alpha value is -6.58. The standard InChI is InChI=1S/C46H27N3/c1-3-12-41-36(10-1)37-11-2-4-13-42(37)49(41)33-9-5-7-32(27-33)34-21-16-28-19-24-39-35(22-17-29-18-23-38(34)43(28)44(29)39)40-25-20-31-15-14-30-8-6-26-47-45(30)46(31)48-40/h1-27H. The molecule has 3 aromatic heterocycles. The monoisotopic (exact) mass is 621 g/mol. The van der Waals surface area contributed by atoms with Gasteiger partial charge in [-0.3, -0.25) is 4.98 Å². The van der Waals surface area contributed by atoms with Crippen molar-refractivity contribution < 1.29 is 0 Å². The second-order valence-corrected chi connectivity index (χ2v) is 13.0. The Bertz CT molecular complexity index is 3060. The summed E-state index contributed by atoms with van der Waals surface area (Å²) in [6.07, 6.45) is 1.85. The first kappa shape index (κ1) is 26.5. The van der Waals surface area contributed by atoms with Crippen molar-refractivity contribution in [3.63, 3.8) is 0 Å². The molecule has 11 aromatic rings. The summed E-state index contributed by atoms with van der Waals surface area (Å²) < 4.78 is 2.39. The smallest absolute Gasteiger partial charge is 0.0972 e. The van der Waals surface area contributed by atoms with E-state index in [9.17, 15) is 0 Å². The van der Waals surface area contributed by atoms with E-state index in [2.05, 4.69) is 156 Å². The predicted octanol–water partition coefficient (Wildman–Crippen LogP) is 12.1. The fourth-order valence-corrected chi connectivity index (χ4v) is 8.16. The lowest BCUT2D eigenvalue weighted by molar-refractivity contribution is 1.18. The van der Waals surface area contributed by atoms with Gasteiger partial charge in [0.15, 0.2) is 0 Å².